The predicted octanol–water partition coefficient (Wildman–Crippen LogP) is 3.33. The Morgan fingerprint density at radius 3 is 2.47 bits per heavy atom. The van der Waals surface area contributed by atoms with E-state index in [1.165, 1.54) is 5.69 Å². The molecule has 2 aromatic rings. The Morgan fingerprint density at radius 1 is 1.07 bits per heavy atom. The van der Waals surface area contributed by atoms with Gasteiger partial charge in [0.15, 0.2) is 5.78 Å². The Labute approximate surface area is 177 Å². The van der Waals surface area contributed by atoms with Crippen LogP contribution in [-0.2, 0) is 14.3 Å². The van der Waals surface area contributed by atoms with Crippen LogP contribution in [0.25, 0.3) is 16.3 Å². The molecule has 0 bridgehead atoms. The van der Waals surface area contributed by atoms with Crippen molar-refractivity contribution in [3.8, 4) is 6.07 Å². The number of hydrogen-bond donors (Lipinski definition) is 1. The van der Waals surface area contributed by atoms with E-state index in [0.717, 1.165) is 29.4 Å². The third-order valence-corrected chi connectivity index (χ3v) is 5.13. The topological polar surface area (TPSA) is 82.6 Å². The van der Waals surface area contributed by atoms with E-state index in [0.29, 0.717) is 38.4 Å². The van der Waals surface area contributed by atoms with Crippen LogP contribution in [0.4, 0.5) is 5.69 Å². The number of fused-ring (bicyclic) bond motifs is 1. The summed E-state index contributed by atoms with van der Waals surface area (Å²) >= 11 is 0. The molecule has 0 amide bonds. The van der Waals surface area contributed by atoms with Crippen LogP contribution >= 0.6 is 0 Å². The number of benzene rings is 2. The van der Waals surface area contributed by atoms with Gasteiger partial charge in [-0.15, -0.1) is 0 Å². The third-order valence-electron chi connectivity index (χ3n) is 5.13. The highest BCUT2D eigenvalue weighted by atomic mass is 16.5. The summed E-state index contributed by atoms with van der Waals surface area (Å²) in [6, 6.07) is 14.5. The quantitative estimate of drug-likeness (QED) is 0.251. The van der Waals surface area contributed by atoms with E-state index in [4.69, 9.17) is 14.6 Å². The molecule has 0 spiro atoms. The second-order valence-electron chi connectivity index (χ2n) is 7.32. The van der Waals surface area contributed by atoms with Crippen LogP contribution in [0, 0.1) is 11.3 Å². The van der Waals surface area contributed by atoms with E-state index >= 15 is 0 Å². The molecule has 3 rings (SSSR count). The van der Waals surface area contributed by atoms with Crippen molar-refractivity contribution in [1.29, 1.82) is 5.26 Å². The normalized spacial score (nSPS) is 13.8. The number of allylic oxidation sites excluding steroid dienone is 2. The number of nitriles is 1. The molecule has 1 saturated heterocycles. The lowest BCUT2D eigenvalue weighted by Crippen LogP contribution is -2.09. The third kappa shape index (κ3) is 5.90. The molecule has 158 valence electrons. The van der Waals surface area contributed by atoms with Gasteiger partial charge in [0, 0.05) is 31.8 Å². The van der Waals surface area contributed by atoms with Gasteiger partial charge in [-0.3, -0.25) is 4.79 Å². The smallest absolute Gasteiger partial charge is 0.173 e. The lowest BCUT2D eigenvalue weighted by molar-refractivity contribution is -0.115. The van der Waals surface area contributed by atoms with Crippen molar-refractivity contribution in [3.05, 3.63) is 47.5 Å². The summed E-state index contributed by atoms with van der Waals surface area (Å²) in [6.07, 6.45) is 0.818. The molecule has 0 aromatic heterocycles. The Kier molecular flexibility index (Phi) is 7.97. The maximum absolute atomic E-state index is 12.6. The Bertz CT molecular complexity index is 957. The lowest BCUT2D eigenvalue weighted by Gasteiger charge is -2.09. The molecule has 0 saturated carbocycles. The Hall–Kier alpha value is -2.72. The van der Waals surface area contributed by atoms with Gasteiger partial charge in [-0.05, 0) is 53.5 Å². The molecule has 0 radical (unpaired) electrons. The van der Waals surface area contributed by atoms with E-state index in [9.17, 15) is 10.1 Å². The van der Waals surface area contributed by atoms with Crippen molar-refractivity contribution < 1.29 is 19.4 Å². The number of aliphatic hydroxyl groups excluding tert-OH is 1. The van der Waals surface area contributed by atoms with Gasteiger partial charge in [0.25, 0.3) is 0 Å². The van der Waals surface area contributed by atoms with E-state index in [1.807, 2.05) is 25.1 Å². The van der Waals surface area contributed by atoms with Crippen molar-refractivity contribution in [1.82, 2.24) is 0 Å². The fraction of sp³-hybridized carbons (Fsp3) is 0.417. The first-order chi connectivity index (χ1) is 14.6. The molecule has 1 N–H and O–H groups in total. The number of nitrogens with zero attached hydrogens (tertiary/aromatic N) is 2. The van der Waals surface area contributed by atoms with E-state index in [-0.39, 0.29) is 24.4 Å². The van der Waals surface area contributed by atoms with Crippen molar-refractivity contribution in [2.75, 3.05) is 51.0 Å². The van der Waals surface area contributed by atoms with Gasteiger partial charge in [0.2, 0.25) is 0 Å². The Morgan fingerprint density at radius 2 is 1.77 bits per heavy atom. The molecule has 1 aliphatic heterocycles. The molecular weight excluding hydrogens is 380 g/mol. The van der Waals surface area contributed by atoms with Gasteiger partial charge in [-0.2, -0.15) is 5.26 Å². The summed E-state index contributed by atoms with van der Waals surface area (Å²) in [5.74, 6) is -0.160. The van der Waals surface area contributed by atoms with Crippen LogP contribution in [0.1, 0.15) is 25.3 Å². The minimum atomic E-state index is -0.160. The summed E-state index contributed by atoms with van der Waals surface area (Å²) in [5.41, 5.74) is 3.04. The minimum absolute atomic E-state index is 0.00598. The monoisotopic (exact) mass is 408 g/mol. The fourth-order valence-electron chi connectivity index (χ4n) is 3.32. The molecule has 1 fully saturated rings. The van der Waals surface area contributed by atoms with Gasteiger partial charge in [-0.1, -0.05) is 18.2 Å². The molecule has 0 aliphatic carbocycles. The maximum Gasteiger partial charge on any atom is 0.173 e. The van der Waals surface area contributed by atoms with E-state index in [1.54, 1.807) is 0 Å². The number of carbonyl (C=O) groups excluding carboxylic acids is 1. The van der Waals surface area contributed by atoms with Crippen molar-refractivity contribution in [2.24, 2.45) is 0 Å². The average molecular weight is 408 g/mol. The van der Waals surface area contributed by atoms with Gasteiger partial charge >= 0.3 is 0 Å². The molecule has 1 heterocycles. The first-order valence-corrected chi connectivity index (χ1v) is 10.3. The Balaban J connectivity index is 1.59. The van der Waals surface area contributed by atoms with Crippen LogP contribution < -0.4 is 4.90 Å². The first-order valence-electron chi connectivity index (χ1n) is 10.3. The average Bonchev–Trinajstić information content (AvgIpc) is 3.61. The van der Waals surface area contributed by atoms with Gasteiger partial charge in [0.1, 0.15) is 6.07 Å². The molecule has 30 heavy (non-hydrogen) atoms. The molecule has 6 nitrogen and oxygen atoms in total. The largest absolute Gasteiger partial charge is 0.394 e. The summed E-state index contributed by atoms with van der Waals surface area (Å²) in [5, 5.41) is 20.4. The highest BCUT2D eigenvalue weighted by Gasteiger charge is 2.18. The molecule has 0 atom stereocenters. The summed E-state index contributed by atoms with van der Waals surface area (Å²) in [6.45, 7) is 5.62. The molecule has 2 aromatic carbocycles. The number of ether oxygens (including phenoxy) is 2. The second kappa shape index (κ2) is 10.9. The zero-order valence-corrected chi connectivity index (χ0v) is 17.4. The van der Waals surface area contributed by atoms with Crippen LogP contribution in [0.2, 0.25) is 0 Å². The number of hydrogen-bond acceptors (Lipinski definition) is 6. The minimum Gasteiger partial charge on any atom is -0.394 e. The number of anilines is 1. The maximum atomic E-state index is 12.6. The number of aliphatic hydroxyl groups is 1. The number of rotatable bonds is 12. The summed E-state index contributed by atoms with van der Waals surface area (Å²) < 4.78 is 10.5. The zero-order valence-electron chi connectivity index (χ0n) is 17.4. The fourth-order valence-corrected chi connectivity index (χ4v) is 3.32. The summed E-state index contributed by atoms with van der Waals surface area (Å²) in [7, 11) is 0. The van der Waals surface area contributed by atoms with Crippen LogP contribution in [0.3, 0.4) is 0 Å². The highest BCUT2D eigenvalue weighted by molar-refractivity contribution is 6.06. The van der Waals surface area contributed by atoms with Crippen molar-refractivity contribution in [2.45, 2.75) is 19.8 Å². The van der Waals surface area contributed by atoms with Crippen molar-refractivity contribution >= 4 is 27.8 Å². The number of carbonyl (C=O) groups is 1. The van der Waals surface area contributed by atoms with Gasteiger partial charge in [-0.25, -0.2) is 0 Å². The van der Waals surface area contributed by atoms with Crippen LogP contribution in [0.15, 0.2) is 42.0 Å². The second-order valence-corrected chi connectivity index (χ2v) is 7.32. The number of ketones is 1. The van der Waals surface area contributed by atoms with Crippen LogP contribution in [0.5, 0.6) is 0 Å². The predicted molar refractivity (Wildman–Crippen MR) is 117 cm³/mol. The van der Waals surface area contributed by atoms with E-state index in [2.05, 4.69) is 29.2 Å². The zero-order chi connectivity index (χ0) is 21.3. The standard InChI is InChI=1S/C24H28N2O4/c1-18(23(17-25)24(28)3-2-11-29-13-14-30-12-10-27)19-4-5-21-16-22(26-8-9-26)7-6-20(21)15-19/h4-7,15-16,27H,2-3,8-14H2,1H3/b23-18+. The SMILES string of the molecule is C/C(=C(/C#N)C(=O)CCCOCCOCCO)c1ccc2cc(N3CC3)ccc2c1. The summed E-state index contributed by atoms with van der Waals surface area (Å²) in [4.78, 5) is 14.9. The lowest BCUT2D eigenvalue weighted by atomic mass is 9.95. The molecule has 1 aliphatic rings. The van der Waals surface area contributed by atoms with Crippen molar-refractivity contribution in [3.63, 3.8) is 0 Å². The molecule has 0 unspecified atom stereocenters. The van der Waals surface area contributed by atoms with E-state index < -0.39 is 0 Å². The van der Waals surface area contributed by atoms with Crippen LogP contribution in [-0.4, -0.2) is 57.0 Å². The van der Waals surface area contributed by atoms with Gasteiger partial charge < -0.3 is 19.5 Å². The molecule has 6 heteroatoms. The number of Topliss-reactive ketones (excluding diaryl/α,β-unsaturated/α-hetero) is 1. The first kappa shape index (κ1) is 22.0. The molecular formula is C24H28N2O4. The highest BCUT2D eigenvalue weighted by Crippen LogP contribution is 2.29. The van der Waals surface area contributed by atoms with Gasteiger partial charge in [0.05, 0.1) is 32.0 Å².